The van der Waals surface area contributed by atoms with Crippen LogP contribution in [-0.2, 0) is 0 Å². The highest BCUT2D eigenvalue weighted by Crippen LogP contribution is 2.21. The van der Waals surface area contributed by atoms with Gasteiger partial charge < -0.3 is 5.21 Å². The Hall–Kier alpha value is -2.03. The van der Waals surface area contributed by atoms with Gasteiger partial charge in [0, 0.05) is 5.39 Å². The summed E-state index contributed by atoms with van der Waals surface area (Å²) in [6, 6.07) is 11.8. The Morgan fingerprint density at radius 1 is 1.00 bits per heavy atom. The summed E-state index contributed by atoms with van der Waals surface area (Å²) >= 11 is 0. The Bertz CT molecular complexity index is 613. The molecular weight excluding hydrogens is 176 g/mol. The number of nitrogens with zero attached hydrogens (tertiary/aromatic N) is 1. The minimum atomic E-state index is 0.730. The van der Waals surface area contributed by atoms with Gasteiger partial charge in [0.25, 0.3) is 0 Å². The Morgan fingerprint density at radius 3 is 2.71 bits per heavy atom. The van der Waals surface area contributed by atoms with E-state index in [4.69, 9.17) is 0 Å². The molecule has 2 aromatic heterocycles. The van der Waals surface area contributed by atoms with Crippen molar-refractivity contribution in [1.82, 2.24) is 4.98 Å². The van der Waals surface area contributed by atoms with Crippen LogP contribution in [0.5, 0.6) is 0 Å². The van der Waals surface area contributed by atoms with E-state index in [1.165, 1.54) is 0 Å². The average molecular weight is 185 g/mol. The molecule has 0 saturated heterocycles. The molecule has 2 heterocycles. The number of H-pyrrole nitrogens is 1. The summed E-state index contributed by atoms with van der Waals surface area (Å²) in [7, 11) is 0. The van der Waals surface area contributed by atoms with Crippen molar-refractivity contribution in [3.05, 3.63) is 42.6 Å². The summed E-state index contributed by atoms with van der Waals surface area (Å²) in [4.78, 5) is 3.16. The fourth-order valence-corrected chi connectivity index (χ4v) is 1.79. The third-order valence-corrected chi connectivity index (χ3v) is 2.44. The third kappa shape index (κ3) is 0.836. The van der Waals surface area contributed by atoms with Gasteiger partial charge in [-0.1, -0.05) is 16.9 Å². The van der Waals surface area contributed by atoms with Crippen molar-refractivity contribution < 1.29 is 9.94 Å². The summed E-state index contributed by atoms with van der Waals surface area (Å²) in [5.41, 5.74) is 1.77. The van der Waals surface area contributed by atoms with E-state index in [-0.39, 0.29) is 0 Å². The molecule has 68 valence electrons. The van der Waals surface area contributed by atoms with E-state index in [2.05, 4.69) is 4.98 Å². The first-order valence-electron chi connectivity index (χ1n) is 4.46. The summed E-state index contributed by atoms with van der Waals surface area (Å²) < 4.78 is 1.11. The first kappa shape index (κ1) is 7.38. The van der Waals surface area contributed by atoms with Crippen LogP contribution < -0.4 is 4.73 Å². The van der Waals surface area contributed by atoms with Crippen LogP contribution in [0, 0.1) is 0 Å². The number of hydrogen-bond acceptors (Lipinski definition) is 1. The lowest BCUT2D eigenvalue weighted by Crippen LogP contribution is -2.29. The number of para-hydroxylation sites is 1. The smallest absolute Gasteiger partial charge is 0.326 e. The van der Waals surface area contributed by atoms with E-state index < -0.39 is 0 Å². The minimum absolute atomic E-state index is 0.730. The summed E-state index contributed by atoms with van der Waals surface area (Å²) in [5.74, 6) is 0. The third-order valence-electron chi connectivity index (χ3n) is 2.44. The second kappa shape index (κ2) is 2.48. The van der Waals surface area contributed by atoms with E-state index in [9.17, 15) is 5.21 Å². The lowest BCUT2D eigenvalue weighted by Gasteiger charge is -1.87. The number of rotatable bonds is 0. The predicted octanol–water partition coefficient (Wildman–Crippen LogP) is 1.85. The van der Waals surface area contributed by atoms with Gasteiger partial charge in [0.2, 0.25) is 0 Å². The van der Waals surface area contributed by atoms with Crippen molar-refractivity contribution in [2.45, 2.75) is 0 Å². The number of nitrogens with one attached hydrogen (secondary N) is 1. The Labute approximate surface area is 80.2 Å². The van der Waals surface area contributed by atoms with Gasteiger partial charge >= 0.3 is 5.65 Å². The molecule has 3 rings (SSSR count). The summed E-state index contributed by atoms with van der Waals surface area (Å²) in [5, 5.41) is 11.7. The van der Waals surface area contributed by atoms with Gasteiger partial charge in [-0.25, -0.2) is 4.98 Å². The molecule has 1 aromatic carbocycles. The molecule has 0 atom stereocenters. The average Bonchev–Trinajstić information content (AvgIpc) is 2.59. The second-order valence-corrected chi connectivity index (χ2v) is 3.29. The van der Waals surface area contributed by atoms with E-state index >= 15 is 0 Å². The number of hydrogen-bond donors (Lipinski definition) is 2. The summed E-state index contributed by atoms with van der Waals surface area (Å²) in [6.07, 6.45) is 1.61. The van der Waals surface area contributed by atoms with Gasteiger partial charge in [-0.05, 0) is 24.3 Å². The van der Waals surface area contributed by atoms with Gasteiger partial charge in [-0.15, -0.1) is 0 Å². The summed E-state index contributed by atoms with van der Waals surface area (Å²) in [6.45, 7) is 0. The van der Waals surface area contributed by atoms with E-state index in [1.54, 1.807) is 6.20 Å². The first-order valence-corrected chi connectivity index (χ1v) is 4.46. The fourth-order valence-electron chi connectivity index (χ4n) is 1.79. The number of pyridine rings is 1. The standard InChI is InChI=1S/C11H8N2O/c14-13-7-3-5-9-8-4-1-2-6-10(8)12-11(9)13/h1-7,14H/p+1. The van der Waals surface area contributed by atoms with Crippen molar-refractivity contribution >= 4 is 21.9 Å². The molecule has 3 nitrogen and oxygen atoms in total. The fraction of sp³-hybridized carbons (Fsp3) is 0. The largest absolute Gasteiger partial charge is 0.350 e. The van der Waals surface area contributed by atoms with Gasteiger partial charge in [-0.2, -0.15) is 0 Å². The van der Waals surface area contributed by atoms with Crippen LogP contribution in [0.4, 0.5) is 0 Å². The normalized spacial score (nSPS) is 11.1. The molecule has 3 aromatic rings. The monoisotopic (exact) mass is 185 g/mol. The lowest BCUT2D eigenvalue weighted by molar-refractivity contribution is -0.885. The SMILES string of the molecule is O[n+]1cccc2c3ccccc3[nH]c21. The lowest BCUT2D eigenvalue weighted by atomic mass is 10.2. The van der Waals surface area contributed by atoms with Crippen molar-refractivity contribution in [1.29, 1.82) is 0 Å². The Morgan fingerprint density at radius 2 is 1.79 bits per heavy atom. The maximum Gasteiger partial charge on any atom is 0.326 e. The minimum Gasteiger partial charge on any atom is -0.350 e. The van der Waals surface area contributed by atoms with Gasteiger partial charge in [0.15, 0.2) is 0 Å². The zero-order valence-corrected chi connectivity index (χ0v) is 7.44. The van der Waals surface area contributed by atoms with Gasteiger partial charge in [-0.3, -0.25) is 0 Å². The molecule has 0 saturated carbocycles. The molecule has 3 heteroatoms. The quantitative estimate of drug-likeness (QED) is 0.407. The van der Waals surface area contributed by atoms with Gasteiger partial charge in [0.1, 0.15) is 11.7 Å². The van der Waals surface area contributed by atoms with E-state index in [0.29, 0.717) is 0 Å². The molecule has 0 amide bonds. The van der Waals surface area contributed by atoms with Crippen LogP contribution in [0.3, 0.4) is 0 Å². The Balaban J connectivity index is 2.63. The van der Waals surface area contributed by atoms with Crippen molar-refractivity contribution in [3.8, 4) is 0 Å². The second-order valence-electron chi connectivity index (χ2n) is 3.29. The molecule has 2 N–H and O–H groups in total. The number of fused-ring (bicyclic) bond motifs is 3. The molecule has 0 aliphatic heterocycles. The molecule has 0 aliphatic carbocycles. The van der Waals surface area contributed by atoms with Crippen molar-refractivity contribution in [2.24, 2.45) is 0 Å². The zero-order chi connectivity index (χ0) is 9.54. The molecular formula is C11H9N2O+. The molecule has 0 spiro atoms. The highest BCUT2D eigenvalue weighted by atomic mass is 16.5. The highest BCUT2D eigenvalue weighted by molar-refractivity contribution is 6.04. The van der Waals surface area contributed by atoms with Crippen LogP contribution in [0.2, 0.25) is 0 Å². The number of aromatic nitrogens is 2. The van der Waals surface area contributed by atoms with Crippen LogP contribution in [0.1, 0.15) is 0 Å². The Kier molecular flexibility index (Phi) is 1.31. The van der Waals surface area contributed by atoms with Crippen LogP contribution in [0.25, 0.3) is 21.9 Å². The molecule has 0 aliphatic rings. The number of benzene rings is 1. The highest BCUT2D eigenvalue weighted by Gasteiger charge is 2.12. The van der Waals surface area contributed by atoms with Crippen molar-refractivity contribution in [3.63, 3.8) is 0 Å². The molecule has 0 fully saturated rings. The molecule has 0 unspecified atom stereocenters. The van der Waals surface area contributed by atoms with E-state index in [0.717, 1.165) is 26.7 Å². The predicted molar refractivity (Wildman–Crippen MR) is 53.2 cm³/mol. The van der Waals surface area contributed by atoms with Crippen molar-refractivity contribution in [2.75, 3.05) is 0 Å². The topological polar surface area (TPSA) is 39.9 Å². The zero-order valence-electron chi connectivity index (χ0n) is 7.44. The van der Waals surface area contributed by atoms with Crippen LogP contribution in [-0.4, -0.2) is 10.2 Å². The molecule has 14 heavy (non-hydrogen) atoms. The van der Waals surface area contributed by atoms with Crippen LogP contribution >= 0.6 is 0 Å². The van der Waals surface area contributed by atoms with E-state index in [1.807, 2.05) is 36.4 Å². The van der Waals surface area contributed by atoms with Crippen LogP contribution in [0.15, 0.2) is 42.6 Å². The molecule has 0 bridgehead atoms. The maximum atomic E-state index is 9.56. The van der Waals surface area contributed by atoms with Gasteiger partial charge in [0.05, 0.1) is 5.39 Å². The maximum absolute atomic E-state index is 9.56. The molecule has 0 radical (unpaired) electrons. The first-order chi connectivity index (χ1) is 6.86. The number of aromatic amines is 1.